The van der Waals surface area contributed by atoms with Crippen LogP contribution in [0.5, 0.6) is 0 Å². The van der Waals surface area contributed by atoms with Gasteiger partial charge in [-0.15, -0.1) is 0 Å². The Morgan fingerprint density at radius 3 is 1.39 bits per heavy atom. The summed E-state index contributed by atoms with van der Waals surface area (Å²) >= 11 is 0. The Labute approximate surface area is 284 Å². The van der Waals surface area contributed by atoms with Crippen molar-refractivity contribution in [2.24, 2.45) is 0 Å². The highest BCUT2D eigenvalue weighted by Crippen LogP contribution is 2.48. The van der Waals surface area contributed by atoms with Gasteiger partial charge in [0.05, 0.1) is 22.6 Å². The average Bonchev–Trinajstić information content (AvgIpc) is 3.60. The number of hydrogen-bond acceptors (Lipinski definition) is 3. The van der Waals surface area contributed by atoms with Crippen LogP contribution in [0.15, 0.2) is 182 Å². The minimum atomic E-state index is 0.670. The number of aromatic nitrogens is 4. The number of fused-ring (bicyclic) bond motifs is 3. The van der Waals surface area contributed by atoms with Gasteiger partial charge in [0.15, 0.2) is 5.82 Å². The molecule has 0 spiro atoms. The maximum absolute atomic E-state index is 5.41. The van der Waals surface area contributed by atoms with Crippen LogP contribution in [0.4, 0.5) is 0 Å². The highest BCUT2D eigenvalue weighted by atomic mass is 15.3. The molecule has 0 atom stereocenters. The molecular weight excluding hydrogens is 597 g/mol. The monoisotopic (exact) mass is 626 g/mol. The molecule has 0 saturated carbocycles. The maximum Gasteiger partial charge on any atom is 0.161 e. The van der Waals surface area contributed by atoms with Gasteiger partial charge < -0.3 is 0 Å². The minimum Gasteiger partial charge on any atom is -0.232 e. The van der Waals surface area contributed by atoms with Gasteiger partial charge in [0, 0.05) is 38.6 Å². The molecular formula is C45H30N4. The first-order valence-corrected chi connectivity index (χ1v) is 16.5. The molecule has 0 amide bonds. The third kappa shape index (κ3) is 5.07. The second kappa shape index (κ2) is 12.2. The van der Waals surface area contributed by atoms with Crippen molar-refractivity contribution in [3.8, 4) is 62.0 Å². The molecule has 230 valence electrons. The third-order valence-corrected chi connectivity index (χ3v) is 9.04. The van der Waals surface area contributed by atoms with E-state index in [0.717, 1.165) is 77.8 Å². The van der Waals surface area contributed by atoms with Crippen molar-refractivity contribution in [2.75, 3.05) is 0 Å². The highest BCUT2D eigenvalue weighted by molar-refractivity contribution is 6.23. The van der Waals surface area contributed by atoms with Crippen molar-refractivity contribution in [3.05, 3.63) is 182 Å². The zero-order chi connectivity index (χ0) is 32.6. The van der Waals surface area contributed by atoms with E-state index in [-0.39, 0.29) is 0 Å². The summed E-state index contributed by atoms with van der Waals surface area (Å²) in [4.78, 5) is 10.7. The predicted molar refractivity (Wildman–Crippen MR) is 201 cm³/mol. The summed E-state index contributed by atoms with van der Waals surface area (Å²) in [6.45, 7) is 0. The highest BCUT2D eigenvalue weighted by Gasteiger charge is 2.27. The van der Waals surface area contributed by atoms with Gasteiger partial charge in [0.25, 0.3) is 0 Å². The van der Waals surface area contributed by atoms with Crippen molar-refractivity contribution < 1.29 is 0 Å². The summed E-state index contributed by atoms with van der Waals surface area (Å²) in [5.41, 5.74) is 10.9. The SMILES string of the molecule is c1ccc(-c2cc(-c3ccccc3)nc(-c3c(-c4ccccc4)c4c(-c5ccccc5)nn(-c5ccccc5)c4c4ccccc34)n2)cc1. The molecule has 2 aromatic heterocycles. The number of nitrogens with zero attached hydrogens (tertiary/aromatic N) is 4. The summed E-state index contributed by atoms with van der Waals surface area (Å²) in [6, 6.07) is 62.9. The first kappa shape index (κ1) is 28.6. The van der Waals surface area contributed by atoms with Gasteiger partial charge in [-0.25, -0.2) is 14.6 Å². The first-order chi connectivity index (χ1) is 24.3. The molecule has 9 aromatic rings. The van der Waals surface area contributed by atoms with Gasteiger partial charge in [-0.05, 0) is 29.1 Å². The van der Waals surface area contributed by atoms with Gasteiger partial charge in [0.2, 0.25) is 0 Å². The molecule has 0 bridgehead atoms. The zero-order valence-electron chi connectivity index (χ0n) is 26.6. The van der Waals surface area contributed by atoms with Gasteiger partial charge in [0.1, 0.15) is 5.69 Å². The standard InChI is InChI=1S/C45H30N4/c1-6-18-31(19-7-1)38-30-39(32-20-8-2-9-21-32)47-45(46-38)41-36-28-16-17-29-37(36)44-42(40(41)33-22-10-3-11-23-33)43(34-24-12-4-13-25-34)48-49(44)35-26-14-5-15-27-35/h1-30H. The van der Waals surface area contributed by atoms with E-state index in [2.05, 4.69) is 162 Å². The lowest BCUT2D eigenvalue weighted by Gasteiger charge is -2.18. The largest absolute Gasteiger partial charge is 0.232 e. The van der Waals surface area contributed by atoms with Gasteiger partial charge in [-0.3, -0.25) is 0 Å². The van der Waals surface area contributed by atoms with E-state index in [1.54, 1.807) is 0 Å². The lowest BCUT2D eigenvalue weighted by atomic mass is 9.88. The number of rotatable bonds is 6. The van der Waals surface area contributed by atoms with E-state index < -0.39 is 0 Å². The molecule has 0 aliphatic carbocycles. The van der Waals surface area contributed by atoms with Crippen molar-refractivity contribution in [3.63, 3.8) is 0 Å². The Morgan fingerprint density at radius 1 is 0.388 bits per heavy atom. The summed E-state index contributed by atoms with van der Waals surface area (Å²) in [7, 11) is 0. The molecule has 4 heteroatoms. The molecule has 0 N–H and O–H groups in total. The predicted octanol–water partition coefficient (Wildman–Crippen LogP) is 11.3. The second-order valence-corrected chi connectivity index (χ2v) is 12.0. The molecule has 2 heterocycles. The minimum absolute atomic E-state index is 0.670. The van der Waals surface area contributed by atoms with Crippen molar-refractivity contribution >= 4 is 21.7 Å². The van der Waals surface area contributed by atoms with Crippen LogP contribution in [0.3, 0.4) is 0 Å². The van der Waals surface area contributed by atoms with Crippen LogP contribution in [0.1, 0.15) is 0 Å². The lowest BCUT2D eigenvalue weighted by molar-refractivity contribution is 0.918. The first-order valence-electron chi connectivity index (χ1n) is 16.5. The Bertz CT molecular complexity index is 2500. The molecule has 0 saturated heterocycles. The molecule has 49 heavy (non-hydrogen) atoms. The van der Waals surface area contributed by atoms with E-state index in [1.807, 2.05) is 24.3 Å². The van der Waals surface area contributed by atoms with E-state index >= 15 is 0 Å². The summed E-state index contributed by atoms with van der Waals surface area (Å²) < 4.78 is 2.10. The van der Waals surface area contributed by atoms with Gasteiger partial charge in [-0.1, -0.05) is 164 Å². The van der Waals surface area contributed by atoms with E-state index in [4.69, 9.17) is 15.1 Å². The van der Waals surface area contributed by atoms with E-state index in [0.29, 0.717) is 5.82 Å². The normalized spacial score (nSPS) is 11.3. The van der Waals surface area contributed by atoms with Crippen LogP contribution in [0.2, 0.25) is 0 Å². The Kier molecular flexibility index (Phi) is 7.10. The molecule has 0 fully saturated rings. The summed E-state index contributed by atoms with van der Waals surface area (Å²) in [5, 5.41) is 8.62. The fraction of sp³-hybridized carbons (Fsp3) is 0. The van der Waals surface area contributed by atoms with E-state index in [1.165, 1.54) is 0 Å². The fourth-order valence-corrected chi connectivity index (χ4v) is 6.82. The fourth-order valence-electron chi connectivity index (χ4n) is 6.82. The number of hydrogen-bond donors (Lipinski definition) is 0. The van der Waals surface area contributed by atoms with Crippen LogP contribution < -0.4 is 0 Å². The molecule has 9 rings (SSSR count). The average molecular weight is 627 g/mol. The number of benzene rings is 7. The van der Waals surface area contributed by atoms with Crippen molar-refractivity contribution in [2.45, 2.75) is 0 Å². The lowest BCUT2D eigenvalue weighted by Crippen LogP contribution is -2.00. The summed E-state index contributed by atoms with van der Waals surface area (Å²) in [6.07, 6.45) is 0. The smallest absolute Gasteiger partial charge is 0.161 e. The van der Waals surface area contributed by atoms with Crippen molar-refractivity contribution in [1.82, 2.24) is 19.7 Å². The maximum atomic E-state index is 5.41. The second-order valence-electron chi connectivity index (χ2n) is 12.0. The van der Waals surface area contributed by atoms with Crippen LogP contribution in [-0.2, 0) is 0 Å². The Hall–Kier alpha value is -6.65. The van der Waals surface area contributed by atoms with Gasteiger partial charge in [-0.2, -0.15) is 5.10 Å². The van der Waals surface area contributed by atoms with Crippen LogP contribution >= 0.6 is 0 Å². The molecule has 0 aliphatic heterocycles. The molecule has 0 aliphatic rings. The Balaban J connectivity index is 1.49. The Morgan fingerprint density at radius 2 is 0.837 bits per heavy atom. The third-order valence-electron chi connectivity index (χ3n) is 9.04. The van der Waals surface area contributed by atoms with E-state index in [9.17, 15) is 0 Å². The van der Waals surface area contributed by atoms with Crippen molar-refractivity contribution in [1.29, 1.82) is 0 Å². The quantitative estimate of drug-likeness (QED) is 0.184. The van der Waals surface area contributed by atoms with Gasteiger partial charge >= 0.3 is 0 Å². The van der Waals surface area contributed by atoms with Crippen LogP contribution in [0, 0.1) is 0 Å². The van der Waals surface area contributed by atoms with Crippen LogP contribution in [-0.4, -0.2) is 19.7 Å². The molecule has 4 nitrogen and oxygen atoms in total. The summed E-state index contributed by atoms with van der Waals surface area (Å²) in [5.74, 6) is 0.670. The topological polar surface area (TPSA) is 43.6 Å². The molecule has 7 aromatic carbocycles. The van der Waals surface area contributed by atoms with Crippen LogP contribution in [0.25, 0.3) is 83.6 Å². The molecule has 0 radical (unpaired) electrons. The zero-order valence-corrected chi connectivity index (χ0v) is 26.6. The number of para-hydroxylation sites is 1. The molecule has 0 unspecified atom stereocenters.